The molecule has 1 N–H and O–H groups in total. The normalized spacial score (nSPS) is 17.7. The summed E-state index contributed by atoms with van der Waals surface area (Å²) >= 11 is 0. The Morgan fingerprint density at radius 1 is 0.852 bits per heavy atom. The third kappa shape index (κ3) is 1.94. The van der Waals surface area contributed by atoms with Crippen molar-refractivity contribution in [3.8, 4) is 11.3 Å². The summed E-state index contributed by atoms with van der Waals surface area (Å²) in [6, 6.07) is 25.0. The lowest BCUT2D eigenvalue weighted by atomic mass is 9.93. The minimum Gasteiger partial charge on any atom is -0.354 e. The molecular formula is C24H18N2O. The fourth-order valence-electron chi connectivity index (χ4n) is 4.84. The van der Waals surface area contributed by atoms with E-state index in [-0.39, 0.29) is 11.9 Å². The highest BCUT2D eigenvalue weighted by molar-refractivity contribution is 6.02. The van der Waals surface area contributed by atoms with Crippen LogP contribution < -0.4 is 0 Å². The topological polar surface area (TPSA) is 36.1 Å². The molecule has 2 aliphatic heterocycles. The Bertz CT molecular complexity index is 1210. The maximum atomic E-state index is 13.0. The third-order valence-corrected chi connectivity index (χ3v) is 5.98. The predicted octanol–water partition coefficient (Wildman–Crippen LogP) is 4.94. The number of aromatic nitrogens is 1. The van der Waals surface area contributed by atoms with Crippen molar-refractivity contribution in [3.05, 3.63) is 95.1 Å². The number of rotatable bonds is 1. The fourth-order valence-corrected chi connectivity index (χ4v) is 4.84. The Hall–Kier alpha value is -3.33. The van der Waals surface area contributed by atoms with Gasteiger partial charge in [0.2, 0.25) is 0 Å². The molecule has 0 saturated carbocycles. The Morgan fingerprint density at radius 2 is 1.63 bits per heavy atom. The van der Waals surface area contributed by atoms with Gasteiger partial charge >= 0.3 is 0 Å². The number of nitrogens with zero attached hydrogens (tertiary/aromatic N) is 1. The van der Waals surface area contributed by atoms with Crippen molar-refractivity contribution >= 4 is 16.8 Å². The summed E-state index contributed by atoms with van der Waals surface area (Å²) in [6.45, 7) is 0.736. The lowest BCUT2D eigenvalue weighted by molar-refractivity contribution is 0.0755. The summed E-state index contributed by atoms with van der Waals surface area (Å²) in [5.74, 6) is 0.156. The molecule has 3 aromatic carbocycles. The summed E-state index contributed by atoms with van der Waals surface area (Å²) in [7, 11) is 0. The van der Waals surface area contributed by atoms with E-state index in [2.05, 4.69) is 53.5 Å². The molecule has 0 saturated heterocycles. The number of nitrogens with one attached hydrogen (secondary N) is 1. The van der Waals surface area contributed by atoms with Gasteiger partial charge in [0.1, 0.15) is 0 Å². The van der Waals surface area contributed by atoms with E-state index < -0.39 is 0 Å². The first-order chi connectivity index (χ1) is 13.3. The van der Waals surface area contributed by atoms with Crippen LogP contribution in [0.15, 0.2) is 72.8 Å². The molecule has 0 aliphatic carbocycles. The van der Waals surface area contributed by atoms with Crippen LogP contribution in [-0.2, 0) is 6.42 Å². The van der Waals surface area contributed by atoms with E-state index in [4.69, 9.17) is 0 Å². The first-order valence-corrected chi connectivity index (χ1v) is 9.42. The molecule has 130 valence electrons. The highest BCUT2D eigenvalue weighted by atomic mass is 16.2. The van der Waals surface area contributed by atoms with Gasteiger partial charge in [-0.15, -0.1) is 0 Å². The molecule has 0 bridgehead atoms. The Balaban J connectivity index is 1.65. The number of H-pyrrole nitrogens is 1. The molecule has 1 amide bonds. The van der Waals surface area contributed by atoms with Crippen LogP contribution >= 0.6 is 0 Å². The van der Waals surface area contributed by atoms with Crippen LogP contribution in [0.3, 0.4) is 0 Å². The molecule has 1 atom stereocenters. The summed E-state index contributed by atoms with van der Waals surface area (Å²) < 4.78 is 0. The van der Waals surface area contributed by atoms with E-state index in [1.807, 2.05) is 29.2 Å². The van der Waals surface area contributed by atoms with Crippen molar-refractivity contribution in [2.45, 2.75) is 12.5 Å². The molecule has 0 radical (unpaired) electrons. The zero-order valence-corrected chi connectivity index (χ0v) is 14.8. The second-order valence-electron chi connectivity index (χ2n) is 7.35. The van der Waals surface area contributed by atoms with Crippen LogP contribution in [0.2, 0.25) is 0 Å². The summed E-state index contributed by atoms with van der Waals surface area (Å²) in [5.41, 5.74) is 8.07. The number of carbonyl (C=O) groups excluding carboxylic acids is 1. The van der Waals surface area contributed by atoms with Crippen molar-refractivity contribution < 1.29 is 4.79 Å². The lowest BCUT2D eigenvalue weighted by Gasteiger charge is -2.24. The van der Waals surface area contributed by atoms with Gasteiger partial charge in [-0.05, 0) is 40.8 Å². The van der Waals surface area contributed by atoms with E-state index in [0.717, 1.165) is 29.6 Å². The summed E-state index contributed by atoms with van der Waals surface area (Å²) in [5, 5.41) is 1.29. The summed E-state index contributed by atoms with van der Waals surface area (Å²) in [6.07, 6.45) is 0.859. The van der Waals surface area contributed by atoms with Gasteiger partial charge in [-0.2, -0.15) is 0 Å². The van der Waals surface area contributed by atoms with E-state index in [1.54, 1.807) is 0 Å². The quantitative estimate of drug-likeness (QED) is 0.519. The zero-order chi connectivity index (χ0) is 18.0. The average Bonchev–Trinajstić information content (AvgIpc) is 3.16. The van der Waals surface area contributed by atoms with Crippen LogP contribution in [0.1, 0.15) is 33.1 Å². The molecule has 0 fully saturated rings. The van der Waals surface area contributed by atoms with Crippen LogP contribution in [0.5, 0.6) is 0 Å². The van der Waals surface area contributed by atoms with Gasteiger partial charge in [-0.3, -0.25) is 4.79 Å². The molecule has 27 heavy (non-hydrogen) atoms. The second kappa shape index (κ2) is 5.34. The minimum atomic E-state index is 0.0121. The fraction of sp³-hybridized carbons (Fsp3) is 0.125. The molecule has 1 unspecified atom stereocenters. The molecule has 4 aromatic rings. The van der Waals surface area contributed by atoms with Gasteiger partial charge in [-0.1, -0.05) is 60.7 Å². The Morgan fingerprint density at radius 3 is 2.52 bits per heavy atom. The Labute approximate surface area is 157 Å². The maximum absolute atomic E-state index is 13.0. The molecule has 3 heteroatoms. The highest BCUT2D eigenvalue weighted by Crippen LogP contribution is 2.45. The van der Waals surface area contributed by atoms with Crippen molar-refractivity contribution in [1.82, 2.24) is 9.88 Å². The van der Waals surface area contributed by atoms with Crippen molar-refractivity contribution in [2.24, 2.45) is 0 Å². The number of benzene rings is 3. The summed E-state index contributed by atoms with van der Waals surface area (Å²) in [4.78, 5) is 18.8. The first kappa shape index (κ1) is 14.8. The van der Waals surface area contributed by atoms with Crippen molar-refractivity contribution in [1.29, 1.82) is 0 Å². The second-order valence-corrected chi connectivity index (χ2v) is 7.35. The third-order valence-electron chi connectivity index (χ3n) is 5.98. The maximum Gasteiger partial charge on any atom is 0.255 e. The minimum absolute atomic E-state index is 0.0121. The standard InChI is InChI=1S/C24H18N2O/c27-24-17-10-5-4-9-16(17)23-19-11-6-12-20-21(19)18(13-14-26(23)24)22(25-20)15-7-2-1-3-8-15/h1-12,23,25H,13-14H2. The largest absolute Gasteiger partial charge is 0.354 e. The first-order valence-electron chi connectivity index (χ1n) is 9.42. The van der Waals surface area contributed by atoms with Crippen LogP contribution in [0.25, 0.3) is 22.2 Å². The van der Waals surface area contributed by atoms with Gasteiger partial charge in [0.15, 0.2) is 0 Å². The van der Waals surface area contributed by atoms with Gasteiger partial charge in [0.25, 0.3) is 5.91 Å². The number of hydrogen-bond acceptors (Lipinski definition) is 1. The number of fused-ring (bicyclic) bond motifs is 4. The molecule has 6 rings (SSSR count). The smallest absolute Gasteiger partial charge is 0.255 e. The number of carbonyl (C=O) groups is 1. The van der Waals surface area contributed by atoms with E-state index in [9.17, 15) is 4.79 Å². The predicted molar refractivity (Wildman–Crippen MR) is 107 cm³/mol. The van der Waals surface area contributed by atoms with Crippen LogP contribution in [0, 0.1) is 0 Å². The molecule has 1 aromatic heterocycles. The molecule has 0 spiro atoms. The van der Waals surface area contributed by atoms with Gasteiger partial charge in [-0.25, -0.2) is 0 Å². The van der Waals surface area contributed by atoms with Crippen molar-refractivity contribution in [3.63, 3.8) is 0 Å². The van der Waals surface area contributed by atoms with E-state index in [0.29, 0.717) is 0 Å². The van der Waals surface area contributed by atoms with Crippen LogP contribution in [0.4, 0.5) is 0 Å². The van der Waals surface area contributed by atoms with E-state index in [1.165, 1.54) is 27.8 Å². The highest BCUT2D eigenvalue weighted by Gasteiger charge is 2.40. The molecule has 3 heterocycles. The molecule has 2 aliphatic rings. The molecule has 3 nitrogen and oxygen atoms in total. The zero-order valence-electron chi connectivity index (χ0n) is 14.8. The lowest BCUT2D eigenvalue weighted by Crippen LogP contribution is -2.29. The van der Waals surface area contributed by atoms with Gasteiger partial charge in [0, 0.05) is 28.7 Å². The van der Waals surface area contributed by atoms with Gasteiger partial charge < -0.3 is 9.88 Å². The van der Waals surface area contributed by atoms with Gasteiger partial charge in [0.05, 0.1) is 6.04 Å². The molecular weight excluding hydrogens is 332 g/mol. The average molecular weight is 350 g/mol. The van der Waals surface area contributed by atoms with E-state index >= 15 is 0 Å². The number of amides is 1. The van der Waals surface area contributed by atoms with Crippen LogP contribution in [-0.4, -0.2) is 22.3 Å². The SMILES string of the molecule is O=C1c2ccccc2C2c3cccc4[nH]c(-c5ccccc5)c(c34)CCN12. The Kier molecular flexibility index (Phi) is 2.92. The monoisotopic (exact) mass is 350 g/mol. The van der Waals surface area contributed by atoms with Crippen molar-refractivity contribution in [2.75, 3.05) is 6.54 Å². The number of hydrogen-bond donors (Lipinski definition) is 1. The number of aromatic amines is 1.